The Labute approximate surface area is 243 Å². The number of hydrogen-bond acceptors (Lipinski definition) is 9. The second kappa shape index (κ2) is 12.5. The fraction of sp³-hybridized carbons (Fsp3) is 0.192. The Bertz CT molecular complexity index is 1580. The van der Waals surface area contributed by atoms with Crippen LogP contribution in [0.2, 0.25) is 10.0 Å². The zero-order valence-corrected chi connectivity index (χ0v) is 24.0. The first-order valence-electron chi connectivity index (χ1n) is 11.6. The van der Waals surface area contributed by atoms with Crippen molar-refractivity contribution in [2.24, 2.45) is 0 Å². The van der Waals surface area contributed by atoms with E-state index in [4.69, 9.17) is 37.4 Å². The van der Waals surface area contributed by atoms with Gasteiger partial charge in [0.05, 0.1) is 53.5 Å². The minimum atomic E-state index is -0.713. The van der Waals surface area contributed by atoms with Gasteiger partial charge in [0.25, 0.3) is 5.69 Å². The molecule has 1 atom stereocenters. The molecule has 0 aliphatic heterocycles. The van der Waals surface area contributed by atoms with E-state index in [9.17, 15) is 14.9 Å². The van der Waals surface area contributed by atoms with Gasteiger partial charge in [-0.1, -0.05) is 35.0 Å². The number of nitrogens with zero attached hydrogens (tertiary/aromatic N) is 4. The highest BCUT2D eigenvalue weighted by Crippen LogP contribution is 2.38. The number of benzene rings is 3. The fourth-order valence-electron chi connectivity index (χ4n) is 3.76. The average molecular weight is 604 g/mol. The van der Waals surface area contributed by atoms with E-state index >= 15 is 0 Å². The number of aromatic nitrogens is 3. The second-order valence-electron chi connectivity index (χ2n) is 8.20. The first-order valence-corrected chi connectivity index (χ1v) is 13.2. The van der Waals surface area contributed by atoms with Gasteiger partial charge < -0.3 is 19.5 Å². The monoisotopic (exact) mass is 603 g/mol. The van der Waals surface area contributed by atoms with Crippen LogP contribution in [0.1, 0.15) is 6.92 Å². The Morgan fingerprint density at radius 3 is 2.30 bits per heavy atom. The van der Waals surface area contributed by atoms with Crippen LogP contribution < -0.4 is 19.5 Å². The molecule has 208 valence electrons. The number of hydrogen-bond donors (Lipinski definition) is 1. The van der Waals surface area contributed by atoms with Gasteiger partial charge in [0.2, 0.25) is 5.91 Å². The van der Waals surface area contributed by atoms with Crippen molar-refractivity contribution < 1.29 is 23.9 Å². The molecule has 4 rings (SSSR count). The lowest BCUT2D eigenvalue weighted by atomic mass is 10.2. The van der Waals surface area contributed by atoms with Gasteiger partial charge >= 0.3 is 0 Å². The highest BCUT2D eigenvalue weighted by atomic mass is 35.5. The zero-order chi connectivity index (χ0) is 29.0. The molecule has 0 saturated heterocycles. The summed E-state index contributed by atoms with van der Waals surface area (Å²) in [5.74, 6) is 1.23. The number of ether oxygens (including phenoxy) is 3. The largest absolute Gasteiger partial charge is 0.496 e. The van der Waals surface area contributed by atoms with Gasteiger partial charge in [-0.3, -0.25) is 19.5 Å². The summed E-state index contributed by atoms with van der Waals surface area (Å²) in [5.41, 5.74) is 1.15. The SMILES string of the molecule is COc1ccc(-n2c(SC(C)C(=O)Nc3cc([N+](=O)[O-])ccc3OC)nnc2-c2cc(Cl)ccc2OC)cc1Cl. The lowest BCUT2D eigenvalue weighted by molar-refractivity contribution is -0.384. The molecule has 1 amide bonds. The molecule has 0 aliphatic rings. The van der Waals surface area contributed by atoms with Gasteiger partial charge in [0, 0.05) is 17.2 Å². The van der Waals surface area contributed by atoms with E-state index in [1.54, 1.807) is 47.9 Å². The number of carbonyl (C=O) groups excluding carboxylic acids is 1. The number of nitro benzene ring substituents is 1. The highest BCUT2D eigenvalue weighted by molar-refractivity contribution is 8.00. The summed E-state index contributed by atoms with van der Waals surface area (Å²) in [4.78, 5) is 23.9. The smallest absolute Gasteiger partial charge is 0.271 e. The molecular weight excluding hydrogens is 581 g/mol. The van der Waals surface area contributed by atoms with Crippen LogP contribution in [0.5, 0.6) is 17.2 Å². The number of thioether (sulfide) groups is 1. The second-order valence-corrected chi connectivity index (χ2v) is 10.3. The van der Waals surface area contributed by atoms with Crippen molar-refractivity contribution in [2.75, 3.05) is 26.6 Å². The van der Waals surface area contributed by atoms with Gasteiger partial charge in [-0.05, 0) is 49.4 Å². The highest BCUT2D eigenvalue weighted by Gasteiger charge is 2.25. The van der Waals surface area contributed by atoms with Crippen molar-refractivity contribution in [3.8, 4) is 34.3 Å². The van der Waals surface area contributed by atoms with E-state index in [1.807, 2.05) is 0 Å². The van der Waals surface area contributed by atoms with Gasteiger partial charge in [-0.25, -0.2) is 0 Å². The molecule has 3 aromatic carbocycles. The van der Waals surface area contributed by atoms with Gasteiger partial charge in [-0.2, -0.15) is 0 Å². The lowest BCUT2D eigenvalue weighted by Crippen LogP contribution is -2.23. The fourth-order valence-corrected chi connectivity index (χ4v) is 5.05. The number of halogens is 2. The molecule has 1 N–H and O–H groups in total. The Hall–Kier alpha value is -4.00. The van der Waals surface area contributed by atoms with Crippen LogP contribution in [0.3, 0.4) is 0 Å². The summed E-state index contributed by atoms with van der Waals surface area (Å²) < 4.78 is 17.8. The number of anilines is 1. The number of rotatable bonds is 10. The van der Waals surface area contributed by atoms with Crippen molar-refractivity contribution >= 4 is 52.2 Å². The van der Waals surface area contributed by atoms with Gasteiger partial charge in [-0.15, -0.1) is 10.2 Å². The average Bonchev–Trinajstić information content (AvgIpc) is 3.35. The third-order valence-electron chi connectivity index (χ3n) is 5.73. The van der Waals surface area contributed by atoms with Gasteiger partial charge in [0.15, 0.2) is 11.0 Å². The van der Waals surface area contributed by atoms with E-state index in [0.717, 1.165) is 11.8 Å². The molecular formula is C26H23Cl2N5O6S. The standard InChI is InChI=1S/C26H23Cl2N5O6S/c1-14(25(34)29-20-13-17(33(35)36)7-10-23(20)39-4)40-26-31-30-24(18-11-15(27)5-8-21(18)37-2)32(26)16-6-9-22(38-3)19(28)12-16/h5-14H,1-4H3,(H,29,34). The predicted molar refractivity (Wildman–Crippen MR) is 154 cm³/mol. The lowest BCUT2D eigenvalue weighted by Gasteiger charge is -2.16. The van der Waals surface area contributed by atoms with Gasteiger partial charge in [0.1, 0.15) is 17.2 Å². The Balaban J connectivity index is 1.73. The molecule has 1 aromatic heterocycles. The zero-order valence-electron chi connectivity index (χ0n) is 21.7. The molecule has 1 heterocycles. The molecule has 0 radical (unpaired) electrons. The molecule has 11 nitrogen and oxygen atoms in total. The van der Waals surface area contributed by atoms with E-state index in [2.05, 4.69) is 15.5 Å². The molecule has 0 spiro atoms. The molecule has 0 saturated carbocycles. The Morgan fingerprint density at radius 2 is 1.65 bits per heavy atom. The van der Waals surface area contributed by atoms with E-state index in [-0.39, 0.29) is 17.1 Å². The molecule has 4 aromatic rings. The summed E-state index contributed by atoms with van der Waals surface area (Å²) >= 11 is 13.8. The van der Waals surface area contributed by atoms with E-state index < -0.39 is 16.1 Å². The van der Waals surface area contributed by atoms with Crippen LogP contribution in [0.25, 0.3) is 17.1 Å². The number of carbonyl (C=O) groups is 1. The molecule has 1 unspecified atom stereocenters. The maximum absolute atomic E-state index is 13.2. The number of nitro groups is 1. The number of amides is 1. The van der Waals surface area contributed by atoms with Crippen molar-refractivity contribution in [1.82, 2.24) is 14.8 Å². The number of nitrogens with one attached hydrogen (secondary N) is 1. The number of methoxy groups -OCH3 is 3. The van der Waals surface area contributed by atoms with Crippen LogP contribution in [-0.4, -0.2) is 52.2 Å². The topological polar surface area (TPSA) is 131 Å². The summed E-state index contributed by atoms with van der Waals surface area (Å²) in [6, 6.07) is 14.2. The van der Waals surface area contributed by atoms with Crippen molar-refractivity contribution in [2.45, 2.75) is 17.3 Å². The normalized spacial score (nSPS) is 11.6. The maximum atomic E-state index is 13.2. The predicted octanol–water partition coefficient (Wildman–Crippen LogP) is 6.29. The molecule has 0 fully saturated rings. The van der Waals surface area contributed by atoms with Crippen LogP contribution in [0, 0.1) is 10.1 Å². The molecule has 0 aliphatic carbocycles. The van der Waals surface area contributed by atoms with E-state index in [0.29, 0.717) is 43.8 Å². The minimum Gasteiger partial charge on any atom is -0.496 e. The van der Waals surface area contributed by atoms with Crippen molar-refractivity contribution in [3.63, 3.8) is 0 Å². The summed E-state index contributed by atoms with van der Waals surface area (Å²) in [6.07, 6.45) is 0. The molecule has 40 heavy (non-hydrogen) atoms. The Kier molecular flexibility index (Phi) is 9.03. The van der Waals surface area contributed by atoms with Crippen LogP contribution in [0.4, 0.5) is 11.4 Å². The Morgan fingerprint density at radius 1 is 0.975 bits per heavy atom. The molecule has 0 bridgehead atoms. The first-order chi connectivity index (χ1) is 19.2. The summed E-state index contributed by atoms with van der Waals surface area (Å²) in [7, 11) is 4.45. The quantitative estimate of drug-likeness (QED) is 0.126. The summed E-state index contributed by atoms with van der Waals surface area (Å²) in [5, 5.41) is 23.2. The first kappa shape index (κ1) is 29.0. The van der Waals surface area contributed by atoms with Crippen LogP contribution in [0.15, 0.2) is 59.8 Å². The van der Waals surface area contributed by atoms with Crippen molar-refractivity contribution in [1.29, 1.82) is 0 Å². The minimum absolute atomic E-state index is 0.168. The van der Waals surface area contributed by atoms with E-state index in [1.165, 1.54) is 39.5 Å². The number of non-ortho nitro benzene ring substituents is 1. The van der Waals surface area contributed by atoms with Crippen LogP contribution >= 0.6 is 35.0 Å². The maximum Gasteiger partial charge on any atom is 0.271 e. The molecule has 14 heteroatoms. The van der Waals surface area contributed by atoms with Crippen molar-refractivity contribution in [3.05, 3.63) is 74.8 Å². The van der Waals surface area contributed by atoms with Crippen LogP contribution in [-0.2, 0) is 4.79 Å². The third kappa shape index (κ3) is 6.09. The summed E-state index contributed by atoms with van der Waals surface area (Å²) in [6.45, 7) is 1.67. The third-order valence-corrected chi connectivity index (χ3v) is 7.31.